The summed E-state index contributed by atoms with van der Waals surface area (Å²) in [5.41, 5.74) is 6.61. The van der Waals surface area contributed by atoms with Crippen molar-refractivity contribution in [2.24, 2.45) is 5.73 Å². The molecule has 0 unspecified atom stereocenters. The SMILES string of the molecule is NCCc1ccc(Oc2cccc3ccccc23)cc1Cl. The predicted octanol–water partition coefficient (Wildman–Crippen LogP) is 4.79. The maximum Gasteiger partial charge on any atom is 0.135 e. The van der Waals surface area contributed by atoms with E-state index in [1.54, 1.807) is 0 Å². The van der Waals surface area contributed by atoms with E-state index in [4.69, 9.17) is 22.1 Å². The van der Waals surface area contributed by atoms with Gasteiger partial charge in [-0.15, -0.1) is 0 Å². The van der Waals surface area contributed by atoms with E-state index in [2.05, 4.69) is 18.2 Å². The Labute approximate surface area is 129 Å². The molecule has 3 aromatic rings. The second-order valence-corrected chi connectivity index (χ2v) is 5.28. The number of hydrogen-bond acceptors (Lipinski definition) is 2. The lowest BCUT2D eigenvalue weighted by Crippen LogP contribution is -2.03. The first kappa shape index (κ1) is 13.9. The van der Waals surface area contributed by atoms with E-state index >= 15 is 0 Å². The van der Waals surface area contributed by atoms with Crippen LogP contribution in [0.1, 0.15) is 5.56 Å². The van der Waals surface area contributed by atoms with E-state index in [1.165, 1.54) is 0 Å². The molecule has 2 nitrogen and oxygen atoms in total. The van der Waals surface area contributed by atoms with Crippen LogP contribution in [0.5, 0.6) is 11.5 Å². The molecule has 0 saturated heterocycles. The normalized spacial score (nSPS) is 10.8. The standard InChI is InChI=1S/C18H16ClNO/c19-17-12-15(9-8-14(17)10-11-20)21-18-7-3-5-13-4-1-2-6-16(13)18/h1-9,12H,10-11,20H2. The van der Waals surface area contributed by atoms with Crippen molar-refractivity contribution in [1.82, 2.24) is 0 Å². The summed E-state index contributed by atoms with van der Waals surface area (Å²) < 4.78 is 5.99. The zero-order valence-electron chi connectivity index (χ0n) is 11.6. The average molecular weight is 298 g/mol. The van der Waals surface area contributed by atoms with Gasteiger partial charge in [0.05, 0.1) is 0 Å². The van der Waals surface area contributed by atoms with Crippen LogP contribution in [0.4, 0.5) is 0 Å². The molecule has 0 aliphatic rings. The topological polar surface area (TPSA) is 35.2 Å². The Kier molecular flexibility index (Phi) is 4.09. The van der Waals surface area contributed by atoms with Gasteiger partial charge in [0, 0.05) is 10.4 Å². The monoisotopic (exact) mass is 297 g/mol. The molecule has 0 bridgehead atoms. The summed E-state index contributed by atoms with van der Waals surface area (Å²) in [6.45, 7) is 0.587. The van der Waals surface area contributed by atoms with Gasteiger partial charge < -0.3 is 10.5 Å². The third-order valence-corrected chi connectivity index (χ3v) is 3.77. The zero-order valence-corrected chi connectivity index (χ0v) is 12.3. The van der Waals surface area contributed by atoms with Crippen LogP contribution in [0.3, 0.4) is 0 Å². The first-order valence-electron chi connectivity index (χ1n) is 6.92. The van der Waals surface area contributed by atoms with Gasteiger partial charge in [0.2, 0.25) is 0 Å². The van der Waals surface area contributed by atoms with Crippen molar-refractivity contribution >= 4 is 22.4 Å². The van der Waals surface area contributed by atoms with E-state index in [1.807, 2.05) is 42.5 Å². The molecule has 0 aliphatic heterocycles. The van der Waals surface area contributed by atoms with Crippen LogP contribution in [0, 0.1) is 0 Å². The van der Waals surface area contributed by atoms with Gasteiger partial charge in [-0.05, 0) is 42.1 Å². The maximum absolute atomic E-state index is 6.26. The molecule has 3 aromatic carbocycles. The molecule has 3 rings (SSSR count). The third kappa shape index (κ3) is 3.02. The summed E-state index contributed by atoms with van der Waals surface area (Å²) in [4.78, 5) is 0. The predicted molar refractivity (Wildman–Crippen MR) is 88.2 cm³/mol. The van der Waals surface area contributed by atoms with Gasteiger partial charge >= 0.3 is 0 Å². The molecule has 0 amide bonds. The van der Waals surface area contributed by atoms with E-state index in [0.29, 0.717) is 11.6 Å². The number of nitrogens with two attached hydrogens (primary N) is 1. The first-order chi connectivity index (χ1) is 10.3. The Morgan fingerprint density at radius 2 is 1.76 bits per heavy atom. The van der Waals surface area contributed by atoms with Gasteiger partial charge in [0.25, 0.3) is 0 Å². The second kappa shape index (κ2) is 6.17. The summed E-state index contributed by atoms with van der Waals surface area (Å²) in [6, 6.07) is 19.9. The summed E-state index contributed by atoms with van der Waals surface area (Å²) >= 11 is 6.26. The van der Waals surface area contributed by atoms with Crippen LogP contribution in [-0.4, -0.2) is 6.54 Å². The van der Waals surface area contributed by atoms with E-state index in [-0.39, 0.29) is 0 Å². The van der Waals surface area contributed by atoms with E-state index < -0.39 is 0 Å². The lowest BCUT2D eigenvalue weighted by molar-refractivity contribution is 0.488. The van der Waals surface area contributed by atoms with E-state index in [0.717, 1.165) is 34.3 Å². The summed E-state index contributed by atoms with van der Waals surface area (Å²) in [5.74, 6) is 1.56. The fraction of sp³-hybridized carbons (Fsp3) is 0.111. The van der Waals surface area contributed by atoms with Crippen molar-refractivity contribution in [2.75, 3.05) is 6.54 Å². The van der Waals surface area contributed by atoms with Gasteiger partial charge in [-0.3, -0.25) is 0 Å². The summed E-state index contributed by atoms with van der Waals surface area (Å²) in [5, 5.41) is 2.93. The molecular formula is C18H16ClNO. The molecule has 0 atom stereocenters. The third-order valence-electron chi connectivity index (χ3n) is 3.42. The number of halogens is 1. The number of benzene rings is 3. The Morgan fingerprint density at radius 3 is 2.57 bits per heavy atom. The molecule has 0 aliphatic carbocycles. The van der Waals surface area contributed by atoms with Crippen molar-refractivity contribution in [3.05, 3.63) is 71.2 Å². The number of ether oxygens (including phenoxy) is 1. The highest BCUT2D eigenvalue weighted by atomic mass is 35.5. The smallest absolute Gasteiger partial charge is 0.135 e. The Morgan fingerprint density at radius 1 is 0.952 bits per heavy atom. The average Bonchev–Trinajstić information content (AvgIpc) is 2.51. The van der Waals surface area contributed by atoms with Crippen LogP contribution >= 0.6 is 11.6 Å². The molecule has 106 valence electrons. The van der Waals surface area contributed by atoms with Gasteiger partial charge in [-0.2, -0.15) is 0 Å². The minimum Gasteiger partial charge on any atom is -0.457 e. The Hall–Kier alpha value is -2.03. The largest absolute Gasteiger partial charge is 0.457 e. The quantitative estimate of drug-likeness (QED) is 0.751. The minimum absolute atomic E-state index is 0.587. The molecule has 0 radical (unpaired) electrons. The molecule has 21 heavy (non-hydrogen) atoms. The van der Waals surface area contributed by atoms with Gasteiger partial charge in [0.15, 0.2) is 0 Å². The number of rotatable bonds is 4. The molecule has 3 heteroatoms. The second-order valence-electron chi connectivity index (χ2n) is 4.87. The van der Waals surface area contributed by atoms with Crippen LogP contribution in [0.15, 0.2) is 60.7 Å². The lowest BCUT2D eigenvalue weighted by atomic mass is 10.1. The molecule has 2 N–H and O–H groups in total. The van der Waals surface area contributed by atoms with Crippen molar-refractivity contribution in [3.8, 4) is 11.5 Å². The van der Waals surface area contributed by atoms with Crippen LogP contribution in [-0.2, 0) is 6.42 Å². The molecule has 0 heterocycles. The van der Waals surface area contributed by atoms with Crippen LogP contribution < -0.4 is 10.5 Å². The molecular weight excluding hydrogens is 282 g/mol. The molecule has 0 fully saturated rings. The Bertz CT molecular complexity index is 765. The van der Waals surface area contributed by atoms with Crippen molar-refractivity contribution in [1.29, 1.82) is 0 Å². The number of fused-ring (bicyclic) bond motifs is 1. The van der Waals surface area contributed by atoms with Crippen molar-refractivity contribution < 1.29 is 4.74 Å². The highest BCUT2D eigenvalue weighted by Gasteiger charge is 2.05. The minimum atomic E-state index is 0.587. The summed E-state index contributed by atoms with van der Waals surface area (Å²) in [6.07, 6.45) is 0.771. The highest BCUT2D eigenvalue weighted by Crippen LogP contribution is 2.31. The van der Waals surface area contributed by atoms with Crippen LogP contribution in [0.25, 0.3) is 10.8 Å². The first-order valence-corrected chi connectivity index (χ1v) is 7.30. The van der Waals surface area contributed by atoms with Gasteiger partial charge in [-0.1, -0.05) is 54.1 Å². The zero-order chi connectivity index (χ0) is 14.7. The number of hydrogen-bond donors (Lipinski definition) is 1. The van der Waals surface area contributed by atoms with Crippen molar-refractivity contribution in [2.45, 2.75) is 6.42 Å². The molecule has 0 aromatic heterocycles. The Balaban J connectivity index is 1.93. The van der Waals surface area contributed by atoms with Gasteiger partial charge in [0.1, 0.15) is 11.5 Å². The van der Waals surface area contributed by atoms with Gasteiger partial charge in [-0.25, -0.2) is 0 Å². The maximum atomic E-state index is 6.26. The highest BCUT2D eigenvalue weighted by molar-refractivity contribution is 6.31. The van der Waals surface area contributed by atoms with Crippen LogP contribution in [0.2, 0.25) is 5.02 Å². The lowest BCUT2D eigenvalue weighted by Gasteiger charge is -2.10. The summed E-state index contributed by atoms with van der Waals surface area (Å²) in [7, 11) is 0. The fourth-order valence-corrected chi connectivity index (χ4v) is 2.63. The fourth-order valence-electron chi connectivity index (χ4n) is 2.36. The van der Waals surface area contributed by atoms with E-state index in [9.17, 15) is 0 Å². The molecule has 0 spiro atoms. The molecule has 0 saturated carbocycles. The van der Waals surface area contributed by atoms with Crippen molar-refractivity contribution in [3.63, 3.8) is 0 Å².